The first-order valence-corrected chi connectivity index (χ1v) is 8.23. The molecule has 3 amide bonds. The molecule has 0 spiro atoms. The number of carbonyl (C=O) groups is 3. The molecular weight excluding hydrogens is 362 g/mol. The minimum atomic E-state index is -0.399. The van der Waals surface area contributed by atoms with Crippen LogP contribution in [0.2, 0.25) is 0 Å². The van der Waals surface area contributed by atoms with Crippen molar-refractivity contribution in [1.82, 2.24) is 10.6 Å². The number of amides is 3. The molecule has 0 aliphatic carbocycles. The number of anilines is 1. The second kappa shape index (κ2) is 9.29. The van der Waals surface area contributed by atoms with E-state index < -0.39 is 5.91 Å². The molecule has 0 aliphatic rings. The van der Waals surface area contributed by atoms with Crippen LogP contribution >= 0.6 is 15.9 Å². The average molecular weight is 384 g/mol. The van der Waals surface area contributed by atoms with Gasteiger partial charge in [0.05, 0.1) is 13.1 Å². The van der Waals surface area contributed by atoms with Crippen LogP contribution in [0.15, 0.2) is 22.7 Å². The summed E-state index contributed by atoms with van der Waals surface area (Å²) in [5, 5.41) is 7.73. The Balaban J connectivity index is 2.35. The maximum atomic E-state index is 11.8. The maximum Gasteiger partial charge on any atom is 0.243 e. The third-order valence-electron chi connectivity index (χ3n) is 3.39. The van der Waals surface area contributed by atoms with E-state index in [-0.39, 0.29) is 30.8 Å². The van der Waals surface area contributed by atoms with E-state index in [1.54, 1.807) is 13.0 Å². The van der Waals surface area contributed by atoms with Crippen LogP contribution in [-0.2, 0) is 14.4 Å². The second-order valence-electron chi connectivity index (χ2n) is 5.31. The summed E-state index contributed by atoms with van der Waals surface area (Å²) in [7, 11) is 0. The number of nitrogens with one attached hydrogen (secondary N) is 3. The van der Waals surface area contributed by atoms with Crippen molar-refractivity contribution in [2.24, 2.45) is 5.92 Å². The highest BCUT2D eigenvalue weighted by molar-refractivity contribution is 9.10. The summed E-state index contributed by atoms with van der Waals surface area (Å²) in [5.74, 6) is -1.02. The van der Waals surface area contributed by atoms with Crippen molar-refractivity contribution in [3.8, 4) is 0 Å². The molecular formula is C16H22BrN3O3. The van der Waals surface area contributed by atoms with Crippen LogP contribution < -0.4 is 16.0 Å². The third-order valence-corrected chi connectivity index (χ3v) is 3.89. The monoisotopic (exact) mass is 383 g/mol. The van der Waals surface area contributed by atoms with Crippen LogP contribution in [-0.4, -0.2) is 30.8 Å². The predicted octanol–water partition coefficient (Wildman–Crippen LogP) is 1.97. The van der Waals surface area contributed by atoms with Gasteiger partial charge in [-0.15, -0.1) is 0 Å². The Labute approximate surface area is 144 Å². The molecule has 3 N–H and O–H groups in total. The highest BCUT2D eigenvalue weighted by Gasteiger charge is 2.12. The van der Waals surface area contributed by atoms with Crippen LogP contribution in [0.25, 0.3) is 0 Å². The number of hydrogen-bond acceptors (Lipinski definition) is 3. The summed E-state index contributed by atoms with van der Waals surface area (Å²) in [5.41, 5.74) is 1.61. The van der Waals surface area contributed by atoms with Crippen molar-refractivity contribution in [3.63, 3.8) is 0 Å². The van der Waals surface area contributed by atoms with E-state index >= 15 is 0 Å². The summed E-state index contributed by atoms with van der Waals surface area (Å²) in [6.45, 7) is 5.30. The van der Waals surface area contributed by atoms with Gasteiger partial charge in [0.15, 0.2) is 0 Å². The van der Waals surface area contributed by atoms with Gasteiger partial charge in [-0.1, -0.05) is 29.8 Å². The van der Waals surface area contributed by atoms with Crippen molar-refractivity contribution in [3.05, 3.63) is 28.2 Å². The lowest BCUT2D eigenvalue weighted by Crippen LogP contribution is -2.41. The Hall–Kier alpha value is -1.89. The molecule has 1 aromatic carbocycles. The Morgan fingerprint density at radius 1 is 1.13 bits per heavy atom. The molecule has 0 heterocycles. The quantitative estimate of drug-likeness (QED) is 0.672. The van der Waals surface area contributed by atoms with Gasteiger partial charge in [-0.05, 0) is 37.1 Å². The normalized spacial score (nSPS) is 11.5. The first-order valence-electron chi connectivity index (χ1n) is 7.43. The minimum Gasteiger partial charge on any atom is -0.347 e. The third kappa shape index (κ3) is 6.81. The van der Waals surface area contributed by atoms with Crippen molar-refractivity contribution in [1.29, 1.82) is 0 Å². The molecule has 0 saturated heterocycles. The average Bonchev–Trinajstić information content (AvgIpc) is 2.52. The molecule has 1 rings (SSSR count). The predicted molar refractivity (Wildman–Crippen MR) is 93.0 cm³/mol. The minimum absolute atomic E-state index is 0.131. The Morgan fingerprint density at radius 2 is 1.78 bits per heavy atom. The molecule has 1 aromatic rings. The number of hydrogen-bond donors (Lipinski definition) is 3. The molecule has 0 radical (unpaired) electrons. The topological polar surface area (TPSA) is 87.3 Å². The smallest absolute Gasteiger partial charge is 0.243 e. The maximum absolute atomic E-state index is 11.8. The van der Waals surface area contributed by atoms with Crippen molar-refractivity contribution >= 4 is 39.3 Å². The molecule has 126 valence electrons. The zero-order chi connectivity index (χ0) is 17.4. The van der Waals surface area contributed by atoms with E-state index in [9.17, 15) is 14.4 Å². The first kappa shape index (κ1) is 19.2. The summed E-state index contributed by atoms with van der Waals surface area (Å²) >= 11 is 3.35. The molecule has 6 nitrogen and oxygen atoms in total. The fraction of sp³-hybridized carbons (Fsp3) is 0.438. The highest BCUT2D eigenvalue weighted by Crippen LogP contribution is 2.19. The van der Waals surface area contributed by atoms with E-state index in [0.29, 0.717) is 12.1 Å². The lowest BCUT2D eigenvalue weighted by molar-refractivity contribution is -0.128. The molecule has 0 fully saturated rings. The van der Waals surface area contributed by atoms with Crippen LogP contribution in [0.4, 0.5) is 5.69 Å². The highest BCUT2D eigenvalue weighted by atomic mass is 79.9. The number of rotatable bonds is 7. The first-order chi connectivity index (χ1) is 10.8. The van der Waals surface area contributed by atoms with Crippen LogP contribution in [0.3, 0.4) is 0 Å². The summed E-state index contributed by atoms with van der Waals surface area (Å²) in [6, 6.07) is 5.50. The van der Waals surface area contributed by atoms with E-state index in [1.807, 2.05) is 26.0 Å². The van der Waals surface area contributed by atoms with Gasteiger partial charge in [0.2, 0.25) is 17.7 Å². The summed E-state index contributed by atoms with van der Waals surface area (Å²) in [4.78, 5) is 35.0. The summed E-state index contributed by atoms with van der Waals surface area (Å²) in [6.07, 6.45) is 0.711. The molecule has 0 aliphatic heterocycles. The van der Waals surface area contributed by atoms with Gasteiger partial charge in [-0.25, -0.2) is 0 Å². The van der Waals surface area contributed by atoms with Gasteiger partial charge in [0.1, 0.15) is 0 Å². The fourth-order valence-corrected chi connectivity index (χ4v) is 2.21. The number of benzene rings is 1. The van der Waals surface area contributed by atoms with Gasteiger partial charge < -0.3 is 16.0 Å². The zero-order valence-corrected chi connectivity index (χ0v) is 15.1. The second-order valence-corrected chi connectivity index (χ2v) is 6.23. The molecule has 23 heavy (non-hydrogen) atoms. The molecule has 1 unspecified atom stereocenters. The van der Waals surface area contributed by atoms with Crippen molar-refractivity contribution in [2.75, 3.05) is 18.4 Å². The van der Waals surface area contributed by atoms with E-state index in [1.165, 1.54) is 0 Å². The fourth-order valence-electron chi connectivity index (χ4n) is 1.73. The number of halogens is 1. The van der Waals surface area contributed by atoms with Crippen molar-refractivity contribution in [2.45, 2.75) is 27.2 Å². The summed E-state index contributed by atoms with van der Waals surface area (Å²) < 4.78 is 0.929. The number of carbonyl (C=O) groups excluding carboxylic acids is 3. The lowest BCUT2D eigenvalue weighted by Gasteiger charge is -2.11. The van der Waals surface area contributed by atoms with E-state index in [2.05, 4.69) is 31.9 Å². The van der Waals surface area contributed by atoms with Crippen LogP contribution in [0.5, 0.6) is 0 Å². The van der Waals surface area contributed by atoms with Gasteiger partial charge in [0, 0.05) is 16.1 Å². The largest absolute Gasteiger partial charge is 0.347 e. The molecule has 0 aromatic heterocycles. The Morgan fingerprint density at radius 3 is 2.39 bits per heavy atom. The zero-order valence-electron chi connectivity index (χ0n) is 13.5. The molecule has 7 heteroatoms. The van der Waals surface area contributed by atoms with E-state index in [4.69, 9.17) is 0 Å². The molecule has 0 saturated carbocycles. The van der Waals surface area contributed by atoms with Crippen LogP contribution in [0.1, 0.15) is 25.8 Å². The van der Waals surface area contributed by atoms with E-state index in [0.717, 1.165) is 10.0 Å². The standard InChI is InChI=1S/C16H22BrN3O3/c1-4-10(2)16(23)19-8-14(21)18-9-15(22)20-13-6-5-12(17)7-11(13)3/h5-7,10H,4,8-9H2,1-3H3,(H,18,21)(H,19,23)(H,20,22). The van der Waals surface area contributed by atoms with Gasteiger partial charge >= 0.3 is 0 Å². The number of aryl methyl sites for hydroxylation is 1. The van der Waals surface area contributed by atoms with Gasteiger partial charge in [-0.2, -0.15) is 0 Å². The molecule has 1 atom stereocenters. The van der Waals surface area contributed by atoms with Crippen LogP contribution in [0, 0.1) is 12.8 Å². The lowest BCUT2D eigenvalue weighted by atomic mass is 10.1. The Bertz CT molecular complexity index is 590. The SMILES string of the molecule is CCC(C)C(=O)NCC(=O)NCC(=O)Nc1ccc(Br)cc1C. The van der Waals surface area contributed by atoms with Gasteiger partial charge in [0.25, 0.3) is 0 Å². The van der Waals surface area contributed by atoms with Crippen molar-refractivity contribution < 1.29 is 14.4 Å². The Kier molecular flexibility index (Phi) is 7.74. The molecule has 0 bridgehead atoms. The van der Waals surface area contributed by atoms with Gasteiger partial charge in [-0.3, -0.25) is 14.4 Å².